The van der Waals surface area contributed by atoms with Crippen LogP contribution in [0.5, 0.6) is 11.5 Å². The Hall–Kier alpha value is -3.96. The summed E-state index contributed by atoms with van der Waals surface area (Å²) in [5.74, 6) is 1.23. The largest absolute Gasteiger partial charge is 0.493 e. The van der Waals surface area contributed by atoms with Crippen LogP contribution in [0.25, 0.3) is 6.08 Å². The Morgan fingerprint density at radius 2 is 1.65 bits per heavy atom. The number of rotatable bonds is 7. The molecule has 0 radical (unpaired) electrons. The molecule has 5 rings (SSSR count). The topological polar surface area (TPSA) is 47.6 Å². The minimum atomic E-state index is -0.0585. The van der Waals surface area contributed by atoms with Crippen molar-refractivity contribution in [2.24, 2.45) is 0 Å². The molecule has 34 heavy (non-hydrogen) atoms. The Morgan fingerprint density at radius 1 is 0.853 bits per heavy atom. The molecule has 0 bridgehead atoms. The summed E-state index contributed by atoms with van der Waals surface area (Å²) < 4.78 is 11.4. The molecule has 0 unspecified atom stereocenters. The van der Waals surface area contributed by atoms with Gasteiger partial charge in [0.25, 0.3) is 0 Å². The van der Waals surface area contributed by atoms with Gasteiger partial charge in [-0.1, -0.05) is 66.4 Å². The van der Waals surface area contributed by atoms with Crippen molar-refractivity contribution >= 4 is 35.0 Å². The highest BCUT2D eigenvalue weighted by Crippen LogP contribution is 2.44. The van der Waals surface area contributed by atoms with Gasteiger partial charge in [0.15, 0.2) is 17.3 Å². The fourth-order valence-electron chi connectivity index (χ4n) is 3.70. The number of ketones is 1. The number of anilines is 2. The van der Waals surface area contributed by atoms with E-state index >= 15 is 0 Å². The van der Waals surface area contributed by atoms with Crippen molar-refractivity contribution in [1.82, 2.24) is 0 Å². The summed E-state index contributed by atoms with van der Waals surface area (Å²) in [6.45, 7) is 0.458. The van der Waals surface area contributed by atoms with Gasteiger partial charge in [-0.15, -0.1) is 0 Å². The molecule has 0 fully saturated rings. The van der Waals surface area contributed by atoms with Gasteiger partial charge in [0.1, 0.15) is 6.61 Å². The molecule has 0 amide bonds. The second-order valence-electron chi connectivity index (χ2n) is 7.82. The first-order valence-electron chi connectivity index (χ1n) is 10.9. The number of fused-ring (bicyclic) bond motifs is 2. The summed E-state index contributed by atoms with van der Waals surface area (Å²) in [6, 6.07) is 29.5. The lowest BCUT2D eigenvalue weighted by atomic mass is 10.1. The summed E-state index contributed by atoms with van der Waals surface area (Å²) in [7, 11) is 1.61. The molecule has 0 aromatic heterocycles. The van der Waals surface area contributed by atoms with Crippen molar-refractivity contribution in [2.75, 3.05) is 12.4 Å². The lowest BCUT2D eigenvalue weighted by Gasteiger charge is -2.20. The van der Waals surface area contributed by atoms with Crippen LogP contribution in [0, 0.1) is 0 Å². The standard InChI is InChI=1S/C29H23NO3S/c1-32-27-17-20(12-15-26(27)33-19-21-7-3-2-4-8-21)11-14-25(31)22-13-16-29-24(18-22)30-23-9-5-6-10-28(23)34-29/h2-18,30H,19H2,1H3/b14-11+. The summed E-state index contributed by atoms with van der Waals surface area (Å²) >= 11 is 1.70. The minimum absolute atomic E-state index is 0.0585. The second-order valence-corrected chi connectivity index (χ2v) is 8.90. The van der Waals surface area contributed by atoms with Gasteiger partial charge < -0.3 is 14.8 Å². The molecule has 168 valence electrons. The van der Waals surface area contributed by atoms with Crippen molar-refractivity contribution in [1.29, 1.82) is 0 Å². The van der Waals surface area contributed by atoms with Gasteiger partial charge in [-0.2, -0.15) is 0 Å². The molecule has 0 saturated heterocycles. The van der Waals surface area contributed by atoms with E-state index in [4.69, 9.17) is 9.47 Å². The average Bonchev–Trinajstić information content (AvgIpc) is 2.89. The molecule has 1 aliphatic heterocycles. The highest BCUT2D eigenvalue weighted by molar-refractivity contribution is 7.99. The van der Waals surface area contributed by atoms with Crippen molar-refractivity contribution < 1.29 is 14.3 Å². The Balaban J connectivity index is 1.28. The molecule has 0 aliphatic carbocycles. The quantitative estimate of drug-likeness (QED) is 0.201. The van der Waals surface area contributed by atoms with Gasteiger partial charge in [0, 0.05) is 15.4 Å². The maximum atomic E-state index is 12.9. The third-order valence-corrected chi connectivity index (χ3v) is 6.64. The molecule has 1 aliphatic rings. The number of hydrogen-bond acceptors (Lipinski definition) is 5. The Labute approximate surface area is 203 Å². The molecule has 4 nitrogen and oxygen atoms in total. The van der Waals surface area contributed by atoms with E-state index in [-0.39, 0.29) is 5.78 Å². The van der Waals surface area contributed by atoms with Gasteiger partial charge in [0.05, 0.1) is 18.5 Å². The van der Waals surface area contributed by atoms with E-state index in [1.54, 1.807) is 31.0 Å². The third kappa shape index (κ3) is 4.85. The van der Waals surface area contributed by atoms with E-state index in [9.17, 15) is 4.79 Å². The van der Waals surface area contributed by atoms with Gasteiger partial charge in [0.2, 0.25) is 0 Å². The summed E-state index contributed by atoms with van der Waals surface area (Å²) in [6.07, 6.45) is 3.38. The molecule has 0 spiro atoms. The maximum Gasteiger partial charge on any atom is 0.185 e. The van der Waals surface area contributed by atoms with Crippen LogP contribution in [0.1, 0.15) is 21.5 Å². The van der Waals surface area contributed by atoms with E-state index in [0.717, 1.165) is 27.4 Å². The van der Waals surface area contributed by atoms with Crippen molar-refractivity contribution in [3.05, 3.63) is 114 Å². The van der Waals surface area contributed by atoms with Crippen LogP contribution >= 0.6 is 11.8 Å². The zero-order chi connectivity index (χ0) is 23.3. The number of hydrogen-bond donors (Lipinski definition) is 1. The highest BCUT2D eigenvalue weighted by atomic mass is 32.2. The smallest absolute Gasteiger partial charge is 0.185 e. The Kier molecular flexibility index (Phi) is 6.36. The maximum absolute atomic E-state index is 12.9. The van der Waals surface area contributed by atoms with Gasteiger partial charge in [-0.3, -0.25) is 4.79 Å². The molecule has 4 aromatic carbocycles. The van der Waals surface area contributed by atoms with Gasteiger partial charge in [-0.25, -0.2) is 0 Å². The van der Waals surface area contributed by atoms with Crippen LogP contribution in [-0.2, 0) is 6.61 Å². The Bertz CT molecular complexity index is 1370. The number of allylic oxidation sites excluding steroid dienone is 1. The number of benzene rings is 4. The molecule has 1 N–H and O–H groups in total. The summed E-state index contributed by atoms with van der Waals surface area (Å²) in [4.78, 5) is 15.1. The monoisotopic (exact) mass is 465 g/mol. The van der Waals surface area contributed by atoms with Crippen LogP contribution < -0.4 is 14.8 Å². The SMILES string of the molecule is COc1cc(/C=C/C(=O)c2ccc3c(c2)Nc2ccccc2S3)ccc1OCc1ccccc1. The minimum Gasteiger partial charge on any atom is -0.493 e. The fourth-order valence-corrected chi connectivity index (χ4v) is 4.67. The van der Waals surface area contributed by atoms with Gasteiger partial charge >= 0.3 is 0 Å². The molecule has 4 aromatic rings. The third-order valence-electron chi connectivity index (χ3n) is 5.49. The van der Waals surface area contributed by atoms with Crippen molar-refractivity contribution in [2.45, 2.75) is 16.4 Å². The zero-order valence-corrected chi connectivity index (χ0v) is 19.5. The van der Waals surface area contributed by atoms with E-state index in [1.807, 2.05) is 84.9 Å². The lowest BCUT2D eigenvalue weighted by molar-refractivity contribution is 0.104. The first kappa shape index (κ1) is 21.9. The molecular formula is C29H23NO3S. The number of carbonyl (C=O) groups is 1. The van der Waals surface area contributed by atoms with Crippen LogP contribution in [0.3, 0.4) is 0 Å². The predicted octanol–water partition coefficient (Wildman–Crippen LogP) is 7.38. The molecular weight excluding hydrogens is 442 g/mol. The number of para-hydroxylation sites is 1. The second kappa shape index (κ2) is 9.89. The van der Waals surface area contributed by atoms with E-state index < -0.39 is 0 Å². The number of methoxy groups -OCH3 is 1. The summed E-state index contributed by atoms with van der Waals surface area (Å²) in [5, 5.41) is 3.43. The molecule has 0 atom stereocenters. The zero-order valence-electron chi connectivity index (χ0n) is 18.7. The Morgan fingerprint density at radius 3 is 2.50 bits per heavy atom. The highest BCUT2D eigenvalue weighted by Gasteiger charge is 2.16. The molecule has 0 saturated carbocycles. The van der Waals surface area contributed by atoms with Crippen molar-refractivity contribution in [3.8, 4) is 11.5 Å². The number of nitrogens with one attached hydrogen (secondary N) is 1. The van der Waals surface area contributed by atoms with Crippen LogP contribution in [0.4, 0.5) is 11.4 Å². The molecule has 1 heterocycles. The fraction of sp³-hybridized carbons (Fsp3) is 0.0690. The first-order valence-corrected chi connectivity index (χ1v) is 11.8. The number of ether oxygens (including phenoxy) is 2. The normalized spacial score (nSPS) is 11.9. The first-order chi connectivity index (χ1) is 16.7. The van der Waals surface area contributed by atoms with Crippen LogP contribution in [-0.4, -0.2) is 12.9 Å². The predicted molar refractivity (Wildman–Crippen MR) is 137 cm³/mol. The van der Waals surface area contributed by atoms with Crippen LogP contribution in [0.2, 0.25) is 0 Å². The summed E-state index contributed by atoms with van der Waals surface area (Å²) in [5.41, 5.74) is 4.59. The lowest BCUT2D eigenvalue weighted by Crippen LogP contribution is -2.02. The van der Waals surface area contributed by atoms with Crippen LogP contribution in [0.15, 0.2) is 107 Å². The molecule has 5 heteroatoms. The van der Waals surface area contributed by atoms with E-state index in [2.05, 4.69) is 11.4 Å². The number of carbonyl (C=O) groups excluding carboxylic acids is 1. The van der Waals surface area contributed by atoms with E-state index in [1.165, 1.54) is 4.90 Å². The average molecular weight is 466 g/mol. The van der Waals surface area contributed by atoms with Gasteiger partial charge in [-0.05, 0) is 59.7 Å². The van der Waals surface area contributed by atoms with E-state index in [0.29, 0.717) is 23.7 Å². The van der Waals surface area contributed by atoms with Crippen molar-refractivity contribution in [3.63, 3.8) is 0 Å².